The van der Waals surface area contributed by atoms with E-state index < -0.39 is 28.8 Å². The number of hydrogen-bond acceptors (Lipinski definition) is 3. The lowest BCUT2D eigenvalue weighted by Crippen LogP contribution is -2.43. The molecule has 0 fully saturated rings. The minimum absolute atomic E-state index is 0.0798. The molecule has 0 radical (unpaired) electrons. The standard InChI is InChI=1S/C10H16F3N3O2S/c1-7(2)16(6-10(11,12)13)19(17,18)9-3-8(4-14)15-5-9/h3,5,7,15H,4,6,14H2,1-2H3. The van der Waals surface area contributed by atoms with E-state index in [1.165, 1.54) is 19.9 Å². The van der Waals surface area contributed by atoms with E-state index in [2.05, 4.69) is 4.98 Å². The molecule has 1 rings (SSSR count). The van der Waals surface area contributed by atoms with Gasteiger partial charge in [-0.05, 0) is 19.9 Å². The Morgan fingerprint density at radius 2 is 2.00 bits per heavy atom. The van der Waals surface area contributed by atoms with Crippen LogP contribution in [0.4, 0.5) is 13.2 Å². The lowest BCUT2D eigenvalue weighted by molar-refractivity contribution is -0.138. The summed E-state index contributed by atoms with van der Waals surface area (Å²) < 4.78 is 62.1. The number of H-pyrrole nitrogens is 1. The molecule has 0 saturated heterocycles. The zero-order valence-electron chi connectivity index (χ0n) is 10.5. The molecule has 0 unspecified atom stereocenters. The molecule has 0 aliphatic rings. The van der Waals surface area contributed by atoms with Crippen LogP contribution in [0.15, 0.2) is 17.2 Å². The quantitative estimate of drug-likeness (QED) is 0.863. The van der Waals surface area contributed by atoms with Gasteiger partial charge in [0.05, 0.1) is 4.90 Å². The Morgan fingerprint density at radius 3 is 2.37 bits per heavy atom. The van der Waals surface area contributed by atoms with Crippen LogP contribution in [0.25, 0.3) is 0 Å². The van der Waals surface area contributed by atoms with Gasteiger partial charge in [-0.15, -0.1) is 0 Å². The third-order valence-corrected chi connectivity index (χ3v) is 4.45. The molecule has 0 aliphatic heterocycles. The predicted octanol–water partition coefficient (Wildman–Crippen LogP) is 1.43. The highest BCUT2D eigenvalue weighted by atomic mass is 32.2. The molecular formula is C10H16F3N3O2S. The average molecular weight is 299 g/mol. The van der Waals surface area contributed by atoms with Gasteiger partial charge in [-0.25, -0.2) is 8.42 Å². The summed E-state index contributed by atoms with van der Waals surface area (Å²) in [6, 6.07) is 0.434. The first-order valence-corrected chi connectivity index (χ1v) is 6.98. The molecule has 9 heteroatoms. The van der Waals surface area contributed by atoms with Gasteiger partial charge in [0.25, 0.3) is 0 Å². The maximum absolute atomic E-state index is 12.4. The monoisotopic (exact) mass is 299 g/mol. The Morgan fingerprint density at radius 1 is 1.42 bits per heavy atom. The highest BCUT2D eigenvalue weighted by Crippen LogP contribution is 2.25. The van der Waals surface area contributed by atoms with Crippen LogP contribution in [0.2, 0.25) is 0 Å². The molecule has 110 valence electrons. The minimum atomic E-state index is -4.59. The van der Waals surface area contributed by atoms with E-state index in [-0.39, 0.29) is 11.4 Å². The molecule has 0 saturated carbocycles. The van der Waals surface area contributed by atoms with Gasteiger partial charge in [0, 0.05) is 24.5 Å². The fraction of sp³-hybridized carbons (Fsp3) is 0.600. The minimum Gasteiger partial charge on any atom is -0.363 e. The molecule has 3 N–H and O–H groups in total. The number of sulfonamides is 1. The molecule has 1 heterocycles. The second-order valence-corrected chi connectivity index (χ2v) is 6.21. The van der Waals surface area contributed by atoms with E-state index in [4.69, 9.17) is 5.73 Å². The third-order valence-electron chi connectivity index (χ3n) is 2.45. The fourth-order valence-electron chi connectivity index (χ4n) is 1.54. The number of nitrogens with one attached hydrogen (secondary N) is 1. The molecule has 0 atom stereocenters. The van der Waals surface area contributed by atoms with Crippen LogP contribution in [0.3, 0.4) is 0 Å². The third kappa shape index (κ3) is 3.95. The van der Waals surface area contributed by atoms with Gasteiger partial charge in [-0.1, -0.05) is 0 Å². The van der Waals surface area contributed by atoms with Crippen molar-refractivity contribution in [3.05, 3.63) is 18.0 Å². The van der Waals surface area contributed by atoms with E-state index in [0.29, 0.717) is 10.00 Å². The number of rotatable bonds is 5. The van der Waals surface area contributed by atoms with Crippen molar-refractivity contribution in [1.29, 1.82) is 0 Å². The van der Waals surface area contributed by atoms with Crippen molar-refractivity contribution in [2.75, 3.05) is 6.54 Å². The summed E-state index contributed by atoms with van der Waals surface area (Å²) in [6.45, 7) is 1.34. The average Bonchev–Trinajstić information content (AvgIpc) is 2.73. The van der Waals surface area contributed by atoms with Crippen LogP contribution in [0.1, 0.15) is 19.5 Å². The highest BCUT2D eigenvalue weighted by Gasteiger charge is 2.38. The van der Waals surface area contributed by atoms with Gasteiger partial charge in [0.2, 0.25) is 10.0 Å². The first-order valence-electron chi connectivity index (χ1n) is 5.54. The van der Waals surface area contributed by atoms with Gasteiger partial charge < -0.3 is 10.7 Å². The van der Waals surface area contributed by atoms with Crippen molar-refractivity contribution in [3.63, 3.8) is 0 Å². The second-order valence-electron chi connectivity index (χ2n) is 4.32. The number of alkyl halides is 3. The lowest BCUT2D eigenvalue weighted by Gasteiger charge is -2.26. The van der Waals surface area contributed by atoms with E-state index >= 15 is 0 Å². The fourth-order valence-corrected chi connectivity index (χ4v) is 3.18. The van der Waals surface area contributed by atoms with Crippen molar-refractivity contribution < 1.29 is 21.6 Å². The summed E-state index contributed by atoms with van der Waals surface area (Å²) in [5.74, 6) is 0. The van der Waals surface area contributed by atoms with Crippen molar-refractivity contribution in [2.24, 2.45) is 5.73 Å². The molecule has 0 aliphatic carbocycles. The van der Waals surface area contributed by atoms with E-state index in [9.17, 15) is 21.6 Å². The normalized spacial score (nSPS) is 13.5. The van der Waals surface area contributed by atoms with Gasteiger partial charge in [0.1, 0.15) is 6.54 Å². The van der Waals surface area contributed by atoms with Crippen LogP contribution in [0.5, 0.6) is 0 Å². The number of halogens is 3. The predicted molar refractivity (Wildman–Crippen MR) is 63.8 cm³/mol. The summed E-state index contributed by atoms with van der Waals surface area (Å²) in [4.78, 5) is 2.39. The number of nitrogens with two attached hydrogens (primary N) is 1. The molecule has 1 aromatic rings. The van der Waals surface area contributed by atoms with Gasteiger partial charge >= 0.3 is 6.18 Å². The zero-order chi connectivity index (χ0) is 14.8. The van der Waals surface area contributed by atoms with Crippen LogP contribution in [0, 0.1) is 0 Å². The molecular weight excluding hydrogens is 283 g/mol. The Kier molecular flexibility index (Phi) is 4.64. The van der Waals surface area contributed by atoms with E-state index in [0.717, 1.165) is 6.20 Å². The first kappa shape index (κ1) is 16.0. The maximum Gasteiger partial charge on any atom is 0.402 e. The Hall–Kier alpha value is -1.06. The zero-order valence-corrected chi connectivity index (χ0v) is 11.3. The van der Waals surface area contributed by atoms with Gasteiger partial charge in [-0.2, -0.15) is 17.5 Å². The largest absolute Gasteiger partial charge is 0.402 e. The summed E-state index contributed by atoms with van der Waals surface area (Å²) in [6.07, 6.45) is -3.45. The van der Waals surface area contributed by atoms with Crippen molar-refractivity contribution in [1.82, 2.24) is 9.29 Å². The number of aromatic nitrogens is 1. The Labute approximate surface area is 109 Å². The number of hydrogen-bond donors (Lipinski definition) is 2. The Bertz CT molecular complexity index is 522. The SMILES string of the molecule is CC(C)N(CC(F)(F)F)S(=O)(=O)c1c[nH]c(CN)c1. The van der Waals surface area contributed by atoms with Gasteiger partial charge in [-0.3, -0.25) is 0 Å². The molecule has 0 spiro atoms. The lowest BCUT2D eigenvalue weighted by atomic mass is 10.4. The van der Waals surface area contributed by atoms with Crippen LogP contribution in [-0.2, 0) is 16.6 Å². The first-order chi connectivity index (χ1) is 8.58. The van der Waals surface area contributed by atoms with Crippen LogP contribution in [-0.4, -0.2) is 36.5 Å². The molecule has 0 amide bonds. The second kappa shape index (κ2) is 5.51. The Balaban J connectivity index is 3.13. The van der Waals surface area contributed by atoms with Crippen molar-refractivity contribution in [3.8, 4) is 0 Å². The summed E-state index contributed by atoms with van der Waals surface area (Å²) in [5, 5.41) is 0. The summed E-state index contributed by atoms with van der Waals surface area (Å²) in [5.41, 5.74) is 5.76. The summed E-state index contributed by atoms with van der Waals surface area (Å²) >= 11 is 0. The van der Waals surface area contributed by atoms with Crippen molar-refractivity contribution >= 4 is 10.0 Å². The topological polar surface area (TPSA) is 79.2 Å². The maximum atomic E-state index is 12.4. The molecule has 1 aromatic heterocycles. The molecule has 19 heavy (non-hydrogen) atoms. The highest BCUT2D eigenvalue weighted by molar-refractivity contribution is 7.89. The number of aromatic amines is 1. The molecule has 0 aromatic carbocycles. The van der Waals surface area contributed by atoms with Crippen molar-refractivity contribution in [2.45, 2.75) is 37.5 Å². The van der Waals surface area contributed by atoms with Crippen LogP contribution < -0.4 is 5.73 Å². The number of nitrogens with zero attached hydrogens (tertiary/aromatic N) is 1. The molecule has 5 nitrogen and oxygen atoms in total. The summed E-state index contributed by atoms with van der Waals surface area (Å²) in [7, 11) is -4.20. The smallest absolute Gasteiger partial charge is 0.363 e. The van der Waals surface area contributed by atoms with Crippen LogP contribution >= 0.6 is 0 Å². The van der Waals surface area contributed by atoms with E-state index in [1.54, 1.807) is 0 Å². The van der Waals surface area contributed by atoms with Gasteiger partial charge in [0.15, 0.2) is 0 Å². The molecule has 0 bridgehead atoms. The van der Waals surface area contributed by atoms with E-state index in [1.807, 2.05) is 0 Å².